The quantitative estimate of drug-likeness (QED) is 0.722. The molecule has 1 aliphatic heterocycles. The molecule has 5 nitrogen and oxygen atoms in total. The van der Waals surface area contributed by atoms with Crippen LogP contribution in [0.3, 0.4) is 0 Å². The fourth-order valence-electron chi connectivity index (χ4n) is 3.77. The highest BCUT2D eigenvalue weighted by atomic mass is 16.2. The minimum absolute atomic E-state index is 0.0374. The lowest BCUT2D eigenvalue weighted by atomic mass is 10.1. The van der Waals surface area contributed by atoms with Crippen LogP contribution in [0.15, 0.2) is 67.0 Å². The maximum absolute atomic E-state index is 13.0. The Morgan fingerprint density at radius 3 is 2.28 bits per heavy atom. The van der Waals surface area contributed by atoms with E-state index in [4.69, 9.17) is 0 Å². The van der Waals surface area contributed by atoms with Gasteiger partial charge in [0.15, 0.2) is 0 Å². The number of carbonyl (C=O) groups excluding carboxylic acids is 1. The molecule has 1 N–H and O–H groups in total. The molecule has 1 aromatic heterocycles. The van der Waals surface area contributed by atoms with Crippen molar-refractivity contribution in [3.63, 3.8) is 0 Å². The molecule has 0 atom stereocenters. The molecule has 0 spiro atoms. The number of piperazine rings is 1. The SMILES string of the molecule is Cc1cccc(C)c1Nc1cncc(C(=O)N2CCN(c3ccccc3)CC2)c1. The van der Waals surface area contributed by atoms with Crippen molar-refractivity contribution in [2.24, 2.45) is 0 Å². The van der Waals surface area contributed by atoms with Crippen LogP contribution < -0.4 is 10.2 Å². The van der Waals surface area contributed by atoms with Crippen molar-refractivity contribution in [2.45, 2.75) is 13.8 Å². The van der Waals surface area contributed by atoms with Crippen LogP contribution in [-0.4, -0.2) is 42.0 Å². The van der Waals surface area contributed by atoms with Crippen LogP contribution in [0, 0.1) is 13.8 Å². The highest BCUT2D eigenvalue weighted by Crippen LogP contribution is 2.25. The second kappa shape index (κ2) is 8.35. The smallest absolute Gasteiger partial charge is 0.255 e. The van der Waals surface area contributed by atoms with Crippen molar-refractivity contribution < 1.29 is 4.79 Å². The number of anilines is 3. The highest BCUT2D eigenvalue weighted by Gasteiger charge is 2.22. The Labute approximate surface area is 172 Å². The highest BCUT2D eigenvalue weighted by molar-refractivity contribution is 5.95. The molecule has 1 aliphatic rings. The summed E-state index contributed by atoms with van der Waals surface area (Å²) < 4.78 is 0. The van der Waals surface area contributed by atoms with E-state index >= 15 is 0 Å². The Balaban J connectivity index is 1.44. The molecule has 0 radical (unpaired) electrons. The molecule has 3 aromatic rings. The van der Waals surface area contributed by atoms with Crippen LogP contribution in [0.5, 0.6) is 0 Å². The summed E-state index contributed by atoms with van der Waals surface area (Å²) in [6, 6.07) is 18.4. The van der Waals surface area contributed by atoms with E-state index in [-0.39, 0.29) is 5.91 Å². The molecule has 0 bridgehead atoms. The van der Waals surface area contributed by atoms with Gasteiger partial charge in [0.05, 0.1) is 17.4 Å². The van der Waals surface area contributed by atoms with E-state index in [1.54, 1.807) is 12.4 Å². The molecule has 29 heavy (non-hydrogen) atoms. The van der Waals surface area contributed by atoms with Crippen LogP contribution in [0.1, 0.15) is 21.5 Å². The van der Waals surface area contributed by atoms with Crippen LogP contribution >= 0.6 is 0 Å². The monoisotopic (exact) mass is 386 g/mol. The van der Waals surface area contributed by atoms with Crippen molar-refractivity contribution in [1.82, 2.24) is 9.88 Å². The van der Waals surface area contributed by atoms with E-state index in [0.29, 0.717) is 18.7 Å². The maximum atomic E-state index is 13.0. The van der Waals surface area contributed by atoms with Crippen LogP contribution in [0.4, 0.5) is 17.1 Å². The number of amides is 1. The molecular formula is C24H26N4O. The Kier molecular flexibility index (Phi) is 5.47. The average Bonchev–Trinajstić information content (AvgIpc) is 2.77. The van der Waals surface area contributed by atoms with E-state index in [1.807, 2.05) is 35.2 Å². The third kappa shape index (κ3) is 4.24. The van der Waals surface area contributed by atoms with Crippen molar-refractivity contribution in [3.05, 3.63) is 83.7 Å². The van der Waals surface area contributed by atoms with Gasteiger partial charge in [0.25, 0.3) is 5.91 Å². The summed E-state index contributed by atoms with van der Waals surface area (Å²) >= 11 is 0. The molecule has 2 heterocycles. The van der Waals surface area contributed by atoms with Gasteiger partial charge in [-0.05, 0) is 43.2 Å². The standard InChI is InChI=1S/C24H26N4O/c1-18-7-6-8-19(2)23(18)26-21-15-20(16-25-17-21)24(29)28-13-11-27(12-14-28)22-9-4-3-5-10-22/h3-10,15-17,26H,11-14H2,1-2H3. The minimum atomic E-state index is 0.0374. The zero-order valence-electron chi connectivity index (χ0n) is 16.9. The molecule has 1 fully saturated rings. The number of aryl methyl sites for hydroxylation is 2. The van der Waals surface area contributed by atoms with Gasteiger partial charge in [0.2, 0.25) is 0 Å². The summed E-state index contributed by atoms with van der Waals surface area (Å²) in [5.41, 5.74) is 6.06. The number of benzene rings is 2. The lowest BCUT2D eigenvalue weighted by Crippen LogP contribution is -2.48. The summed E-state index contributed by atoms with van der Waals surface area (Å²) in [6.45, 7) is 7.24. The molecule has 4 rings (SSSR count). The van der Waals surface area contributed by atoms with Crippen molar-refractivity contribution in [1.29, 1.82) is 0 Å². The molecule has 0 aliphatic carbocycles. The Morgan fingerprint density at radius 1 is 0.897 bits per heavy atom. The molecule has 148 valence electrons. The Hall–Kier alpha value is -3.34. The molecule has 0 saturated carbocycles. The number of nitrogens with zero attached hydrogens (tertiary/aromatic N) is 3. The summed E-state index contributed by atoms with van der Waals surface area (Å²) in [6.07, 6.45) is 3.41. The molecule has 1 amide bonds. The minimum Gasteiger partial charge on any atom is -0.368 e. The van der Waals surface area contributed by atoms with E-state index in [2.05, 4.69) is 53.3 Å². The first kappa shape index (κ1) is 19.0. The van der Waals surface area contributed by atoms with Crippen LogP contribution in [-0.2, 0) is 0 Å². The third-order valence-electron chi connectivity index (χ3n) is 5.42. The lowest BCUT2D eigenvalue weighted by molar-refractivity contribution is 0.0746. The van der Waals surface area contributed by atoms with Gasteiger partial charge in [-0.25, -0.2) is 0 Å². The summed E-state index contributed by atoms with van der Waals surface area (Å²) in [4.78, 5) is 21.6. The van der Waals surface area contributed by atoms with Crippen molar-refractivity contribution in [3.8, 4) is 0 Å². The van der Waals surface area contributed by atoms with Gasteiger partial charge in [-0.3, -0.25) is 9.78 Å². The summed E-state index contributed by atoms with van der Waals surface area (Å²) in [5, 5.41) is 3.43. The van der Waals surface area contributed by atoms with E-state index in [1.165, 1.54) is 16.8 Å². The number of hydrogen-bond donors (Lipinski definition) is 1. The number of nitrogens with one attached hydrogen (secondary N) is 1. The zero-order chi connectivity index (χ0) is 20.2. The first-order valence-corrected chi connectivity index (χ1v) is 9.99. The first-order chi connectivity index (χ1) is 14.1. The summed E-state index contributed by atoms with van der Waals surface area (Å²) in [5.74, 6) is 0.0374. The van der Waals surface area contributed by atoms with Gasteiger partial charge in [-0.15, -0.1) is 0 Å². The van der Waals surface area contributed by atoms with Gasteiger partial charge in [-0.1, -0.05) is 36.4 Å². The van der Waals surface area contributed by atoms with Gasteiger partial charge < -0.3 is 15.1 Å². The van der Waals surface area contributed by atoms with Crippen LogP contribution in [0.25, 0.3) is 0 Å². The number of para-hydroxylation sites is 2. The van der Waals surface area contributed by atoms with Gasteiger partial charge >= 0.3 is 0 Å². The predicted molar refractivity (Wildman–Crippen MR) is 118 cm³/mol. The second-order valence-electron chi connectivity index (χ2n) is 7.47. The normalized spacial score (nSPS) is 14.0. The Morgan fingerprint density at radius 2 is 1.59 bits per heavy atom. The molecule has 0 unspecified atom stereocenters. The molecule has 5 heteroatoms. The molecule has 2 aromatic carbocycles. The average molecular weight is 386 g/mol. The van der Waals surface area contributed by atoms with E-state index < -0.39 is 0 Å². The van der Waals surface area contributed by atoms with Gasteiger partial charge in [-0.2, -0.15) is 0 Å². The third-order valence-corrected chi connectivity index (χ3v) is 5.42. The van der Waals surface area contributed by atoms with E-state index in [9.17, 15) is 4.79 Å². The number of carbonyl (C=O) groups is 1. The van der Waals surface area contributed by atoms with Crippen molar-refractivity contribution >= 4 is 23.0 Å². The first-order valence-electron chi connectivity index (χ1n) is 9.99. The van der Waals surface area contributed by atoms with Crippen LogP contribution in [0.2, 0.25) is 0 Å². The fraction of sp³-hybridized carbons (Fsp3) is 0.250. The van der Waals surface area contributed by atoms with Crippen molar-refractivity contribution in [2.75, 3.05) is 36.4 Å². The molecule has 1 saturated heterocycles. The number of aromatic nitrogens is 1. The fourth-order valence-corrected chi connectivity index (χ4v) is 3.77. The summed E-state index contributed by atoms with van der Waals surface area (Å²) in [7, 11) is 0. The van der Waals surface area contributed by atoms with E-state index in [0.717, 1.165) is 24.5 Å². The number of rotatable bonds is 4. The molecular weight excluding hydrogens is 360 g/mol. The van der Waals surface area contributed by atoms with Gasteiger partial charge in [0.1, 0.15) is 0 Å². The second-order valence-corrected chi connectivity index (χ2v) is 7.47. The lowest BCUT2D eigenvalue weighted by Gasteiger charge is -2.36. The zero-order valence-corrected chi connectivity index (χ0v) is 16.9. The number of hydrogen-bond acceptors (Lipinski definition) is 4. The van der Waals surface area contributed by atoms with Gasteiger partial charge in [0, 0.05) is 43.8 Å². The largest absolute Gasteiger partial charge is 0.368 e. The Bertz CT molecular complexity index is 975. The predicted octanol–water partition coefficient (Wildman–Crippen LogP) is 4.40. The topological polar surface area (TPSA) is 48.5 Å². The maximum Gasteiger partial charge on any atom is 0.255 e. The number of pyridine rings is 1.